The molecule has 0 radical (unpaired) electrons. The molecule has 0 N–H and O–H groups in total. The molecule has 2 aromatic rings. The van der Waals surface area contributed by atoms with Crippen molar-refractivity contribution in [2.24, 2.45) is 0 Å². The number of hydrogen-bond donors (Lipinski definition) is 0. The SMILES string of the molecule is COCc1ccc2c(c1C=[N-])OCc1ccccc1-2. The summed E-state index contributed by atoms with van der Waals surface area (Å²) < 4.78 is 11.0. The normalized spacial score (nSPS) is 12.3. The third-order valence-electron chi connectivity index (χ3n) is 3.39. The molecule has 3 rings (SSSR count). The van der Waals surface area contributed by atoms with Crippen LogP contribution in [0.5, 0.6) is 5.75 Å². The van der Waals surface area contributed by atoms with Gasteiger partial charge in [-0.05, 0) is 22.3 Å². The smallest absolute Gasteiger partial charge is 0.133 e. The fraction of sp³-hybridized carbons (Fsp3) is 0.188. The van der Waals surface area contributed by atoms with E-state index in [-0.39, 0.29) is 0 Å². The average molecular weight is 252 g/mol. The van der Waals surface area contributed by atoms with Crippen molar-refractivity contribution in [3.8, 4) is 16.9 Å². The largest absolute Gasteiger partial charge is 0.810 e. The van der Waals surface area contributed by atoms with Gasteiger partial charge in [-0.15, -0.1) is 0 Å². The third kappa shape index (κ3) is 1.92. The van der Waals surface area contributed by atoms with E-state index in [9.17, 15) is 5.41 Å². The van der Waals surface area contributed by atoms with Crippen molar-refractivity contribution >= 4 is 6.21 Å². The minimum absolute atomic E-state index is 0.449. The van der Waals surface area contributed by atoms with E-state index in [1.807, 2.05) is 24.3 Å². The summed E-state index contributed by atoms with van der Waals surface area (Å²) >= 11 is 0. The molecule has 2 aromatic carbocycles. The maximum atomic E-state index is 9.49. The Bertz CT molecular complexity index is 635. The van der Waals surface area contributed by atoms with Crippen molar-refractivity contribution in [3.63, 3.8) is 0 Å². The Morgan fingerprint density at radius 3 is 2.84 bits per heavy atom. The van der Waals surface area contributed by atoms with Crippen molar-refractivity contribution in [3.05, 3.63) is 58.5 Å². The molecule has 3 heteroatoms. The predicted molar refractivity (Wildman–Crippen MR) is 75.4 cm³/mol. The Morgan fingerprint density at radius 1 is 1.21 bits per heavy atom. The van der Waals surface area contributed by atoms with Gasteiger partial charge >= 0.3 is 0 Å². The second-order valence-electron chi connectivity index (χ2n) is 4.52. The van der Waals surface area contributed by atoms with E-state index in [4.69, 9.17) is 9.47 Å². The van der Waals surface area contributed by atoms with E-state index in [1.54, 1.807) is 7.11 Å². The van der Waals surface area contributed by atoms with Gasteiger partial charge in [0.15, 0.2) is 0 Å². The summed E-state index contributed by atoms with van der Waals surface area (Å²) in [7, 11) is 1.64. The van der Waals surface area contributed by atoms with E-state index < -0.39 is 0 Å². The maximum absolute atomic E-state index is 9.49. The van der Waals surface area contributed by atoms with Gasteiger partial charge in [0.05, 0.1) is 6.61 Å². The monoisotopic (exact) mass is 252 g/mol. The lowest BCUT2D eigenvalue weighted by Gasteiger charge is -2.24. The van der Waals surface area contributed by atoms with Crippen molar-refractivity contribution in [2.45, 2.75) is 13.2 Å². The third-order valence-corrected chi connectivity index (χ3v) is 3.39. The molecule has 0 aromatic heterocycles. The van der Waals surface area contributed by atoms with Gasteiger partial charge in [0.2, 0.25) is 0 Å². The van der Waals surface area contributed by atoms with E-state index >= 15 is 0 Å². The molecule has 0 bridgehead atoms. The Kier molecular flexibility index (Phi) is 3.05. The summed E-state index contributed by atoms with van der Waals surface area (Å²) in [6.07, 6.45) is 1.10. The molecule has 0 saturated carbocycles. The van der Waals surface area contributed by atoms with Crippen LogP contribution in [0.4, 0.5) is 0 Å². The highest BCUT2D eigenvalue weighted by Gasteiger charge is 2.19. The quantitative estimate of drug-likeness (QED) is 0.786. The first-order valence-electron chi connectivity index (χ1n) is 6.18. The molecule has 1 aliphatic rings. The van der Waals surface area contributed by atoms with Gasteiger partial charge in [-0.2, -0.15) is 6.21 Å². The minimum Gasteiger partial charge on any atom is -0.810 e. The van der Waals surface area contributed by atoms with Crippen LogP contribution in [0, 0.1) is 0 Å². The lowest BCUT2D eigenvalue weighted by molar-refractivity contribution is 0.184. The zero-order valence-corrected chi connectivity index (χ0v) is 10.7. The minimum atomic E-state index is 0.449. The van der Waals surface area contributed by atoms with Crippen LogP contribution in [0.3, 0.4) is 0 Å². The highest BCUT2D eigenvalue weighted by molar-refractivity contribution is 5.93. The highest BCUT2D eigenvalue weighted by atomic mass is 16.5. The van der Waals surface area contributed by atoms with Gasteiger partial charge in [0, 0.05) is 12.7 Å². The lowest BCUT2D eigenvalue weighted by atomic mass is 9.93. The van der Waals surface area contributed by atoms with Crippen LogP contribution in [-0.2, 0) is 18.0 Å². The number of ether oxygens (including phenoxy) is 2. The maximum Gasteiger partial charge on any atom is 0.133 e. The zero-order chi connectivity index (χ0) is 13.2. The number of nitrogens with zero attached hydrogens (tertiary/aromatic N) is 1. The molecule has 19 heavy (non-hydrogen) atoms. The lowest BCUT2D eigenvalue weighted by Crippen LogP contribution is -2.09. The fourth-order valence-electron chi connectivity index (χ4n) is 2.49. The molecule has 0 aliphatic carbocycles. The number of benzene rings is 2. The zero-order valence-electron chi connectivity index (χ0n) is 10.7. The molecule has 0 spiro atoms. The van der Waals surface area contributed by atoms with Crippen LogP contribution in [0.1, 0.15) is 16.7 Å². The molecule has 0 amide bonds. The second-order valence-corrected chi connectivity index (χ2v) is 4.52. The summed E-state index contributed by atoms with van der Waals surface area (Å²) in [5.41, 5.74) is 4.97. The molecule has 0 fully saturated rings. The van der Waals surface area contributed by atoms with Gasteiger partial charge in [0.25, 0.3) is 0 Å². The predicted octanol–water partition coefficient (Wildman–Crippen LogP) is 3.38. The Balaban J connectivity index is 2.20. The van der Waals surface area contributed by atoms with Crippen LogP contribution >= 0.6 is 0 Å². The standard InChI is InChI=1S/C16H14NO2/c1-18-9-12-6-7-14-13-5-3-2-4-11(13)10-19-16(14)15(12)8-17/h2-8H,9-10H2,1H3/q-1. The molecule has 3 nitrogen and oxygen atoms in total. The topological polar surface area (TPSA) is 40.8 Å². The van der Waals surface area contributed by atoms with E-state index in [2.05, 4.69) is 12.1 Å². The van der Waals surface area contributed by atoms with Crippen LogP contribution in [-0.4, -0.2) is 13.3 Å². The first kappa shape index (κ1) is 11.9. The van der Waals surface area contributed by atoms with Gasteiger partial charge in [-0.3, -0.25) is 0 Å². The van der Waals surface area contributed by atoms with E-state index in [1.165, 1.54) is 5.56 Å². The summed E-state index contributed by atoms with van der Waals surface area (Å²) in [6, 6.07) is 12.1. The van der Waals surface area contributed by atoms with Crippen LogP contribution < -0.4 is 4.74 Å². The van der Waals surface area contributed by atoms with Crippen LogP contribution in [0.15, 0.2) is 36.4 Å². The van der Waals surface area contributed by atoms with E-state index in [0.29, 0.717) is 18.8 Å². The number of fused-ring (bicyclic) bond motifs is 3. The second kappa shape index (κ2) is 4.86. The molecule has 96 valence electrons. The highest BCUT2D eigenvalue weighted by Crippen LogP contribution is 2.40. The van der Waals surface area contributed by atoms with Gasteiger partial charge in [-0.1, -0.05) is 36.4 Å². The van der Waals surface area contributed by atoms with Gasteiger partial charge < -0.3 is 14.9 Å². The van der Waals surface area contributed by atoms with Crippen molar-refractivity contribution < 1.29 is 9.47 Å². The molecule has 1 aliphatic heterocycles. The first-order valence-corrected chi connectivity index (χ1v) is 6.18. The Labute approximate surface area is 112 Å². The molecule has 1 heterocycles. The van der Waals surface area contributed by atoms with Gasteiger partial charge in [0.1, 0.15) is 12.4 Å². The van der Waals surface area contributed by atoms with Crippen LogP contribution in [0.2, 0.25) is 0 Å². The molecule has 0 saturated heterocycles. The fourth-order valence-corrected chi connectivity index (χ4v) is 2.49. The summed E-state index contributed by atoms with van der Waals surface area (Å²) in [5, 5.41) is 9.49. The van der Waals surface area contributed by atoms with Crippen molar-refractivity contribution in [2.75, 3.05) is 7.11 Å². The molecule has 0 atom stereocenters. The van der Waals surface area contributed by atoms with Crippen molar-refractivity contribution in [1.29, 1.82) is 0 Å². The summed E-state index contributed by atoms with van der Waals surface area (Å²) in [6.45, 7) is 0.977. The van der Waals surface area contributed by atoms with Crippen LogP contribution in [0.25, 0.3) is 16.5 Å². The Hall–Kier alpha value is -2.13. The molecule has 0 unspecified atom stereocenters. The number of hydrogen-bond acceptors (Lipinski definition) is 2. The Morgan fingerprint density at radius 2 is 2.05 bits per heavy atom. The number of methoxy groups -OCH3 is 1. The molecular weight excluding hydrogens is 238 g/mol. The average Bonchev–Trinajstić information content (AvgIpc) is 2.47. The molecular formula is C16H14NO2-. The number of rotatable bonds is 3. The summed E-state index contributed by atoms with van der Waals surface area (Å²) in [5.74, 6) is 0.732. The van der Waals surface area contributed by atoms with Crippen molar-refractivity contribution in [1.82, 2.24) is 0 Å². The van der Waals surface area contributed by atoms with Gasteiger partial charge in [-0.25, -0.2) is 0 Å². The van der Waals surface area contributed by atoms with E-state index in [0.717, 1.165) is 28.7 Å². The first-order chi connectivity index (χ1) is 9.35. The summed E-state index contributed by atoms with van der Waals surface area (Å²) in [4.78, 5) is 0.